The number of nitrogens with two attached hydrogens (primary N) is 1. The summed E-state index contributed by atoms with van der Waals surface area (Å²) >= 11 is 0. The highest BCUT2D eigenvalue weighted by molar-refractivity contribution is 5.44. The van der Waals surface area contributed by atoms with Gasteiger partial charge in [0.1, 0.15) is 0 Å². The molecule has 1 aromatic carbocycles. The van der Waals surface area contributed by atoms with Gasteiger partial charge in [-0.25, -0.2) is 0 Å². The van der Waals surface area contributed by atoms with E-state index in [1.165, 1.54) is 12.1 Å². The molecule has 0 spiro atoms. The number of non-ortho nitro benzene ring substituents is 1. The molecule has 0 aliphatic heterocycles. The van der Waals surface area contributed by atoms with Crippen molar-refractivity contribution in [1.82, 2.24) is 0 Å². The normalized spacial score (nSPS) is 24.7. The van der Waals surface area contributed by atoms with Crippen LogP contribution in [-0.2, 0) is 6.42 Å². The number of hydrogen-bond acceptors (Lipinski definition) is 4. The predicted molar refractivity (Wildman–Crippen MR) is 49.7 cm³/mol. The molecule has 1 aliphatic carbocycles. The SMILES string of the molecule is NC1c2cc([N+](=O)[O-])ccc2CC1O. The molecular weight excluding hydrogens is 184 g/mol. The summed E-state index contributed by atoms with van der Waals surface area (Å²) in [7, 11) is 0. The van der Waals surface area contributed by atoms with E-state index in [0.29, 0.717) is 12.0 Å². The number of nitrogens with zero attached hydrogens (tertiary/aromatic N) is 1. The van der Waals surface area contributed by atoms with E-state index in [9.17, 15) is 15.2 Å². The lowest BCUT2D eigenvalue weighted by molar-refractivity contribution is -0.384. The molecule has 0 fully saturated rings. The van der Waals surface area contributed by atoms with Gasteiger partial charge in [-0.05, 0) is 11.1 Å². The van der Waals surface area contributed by atoms with Crippen molar-refractivity contribution in [2.24, 2.45) is 5.73 Å². The molecule has 5 heteroatoms. The Labute approximate surface area is 80.3 Å². The summed E-state index contributed by atoms with van der Waals surface area (Å²) < 4.78 is 0. The maximum atomic E-state index is 10.5. The van der Waals surface area contributed by atoms with Crippen molar-refractivity contribution in [3.63, 3.8) is 0 Å². The first-order chi connectivity index (χ1) is 6.59. The Morgan fingerprint density at radius 2 is 2.29 bits per heavy atom. The van der Waals surface area contributed by atoms with Crippen LogP contribution in [0.4, 0.5) is 5.69 Å². The van der Waals surface area contributed by atoms with E-state index in [1.54, 1.807) is 6.07 Å². The average Bonchev–Trinajstić information content (AvgIpc) is 2.43. The molecule has 0 heterocycles. The van der Waals surface area contributed by atoms with Gasteiger partial charge in [-0.2, -0.15) is 0 Å². The molecule has 0 radical (unpaired) electrons. The zero-order valence-electron chi connectivity index (χ0n) is 7.38. The molecule has 3 N–H and O–H groups in total. The summed E-state index contributed by atoms with van der Waals surface area (Å²) in [5.41, 5.74) is 7.29. The van der Waals surface area contributed by atoms with Gasteiger partial charge >= 0.3 is 0 Å². The number of nitro groups is 1. The number of benzene rings is 1. The maximum Gasteiger partial charge on any atom is 0.269 e. The fourth-order valence-corrected chi connectivity index (χ4v) is 1.75. The molecule has 74 valence electrons. The summed E-state index contributed by atoms with van der Waals surface area (Å²) in [5.74, 6) is 0. The molecule has 0 amide bonds. The minimum atomic E-state index is -0.619. The molecule has 1 aromatic rings. The van der Waals surface area contributed by atoms with Crippen molar-refractivity contribution in [3.8, 4) is 0 Å². The lowest BCUT2D eigenvalue weighted by Crippen LogP contribution is -2.21. The zero-order chi connectivity index (χ0) is 10.3. The van der Waals surface area contributed by atoms with Crippen molar-refractivity contribution in [2.75, 3.05) is 0 Å². The molecular formula is C9H10N2O3. The molecule has 2 unspecified atom stereocenters. The third kappa shape index (κ3) is 1.26. The van der Waals surface area contributed by atoms with Crippen molar-refractivity contribution in [3.05, 3.63) is 39.4 Å². The van der Waals surface area contributed by atoms with Gasteiger partial charge in [0.25, 0.3) is 5.69 Å². The van der Waals surface area contributed by atoms with Gasteiger partial charge in [0.05, 0.1) is 17.1 Å². The van der Waals surface area contributed by atoms with Crippen LogP contribution in [0.1, 0.15) is 17.2 Å². The van der Waals surface area contributed by atoms with Crippen LogP contribution in [0.3, 0.4) is 0 Å². The van der Waals surface area contributed by atoms with Crippen LogP contribution in [0.2, 0.25) is 0 Å². The van der Waals surface area contributed by atoms with Crippen molar-refractivity contribution in [2.45, 2.75) is 18.6 Å². The van der Waals surface area contributed by atoms with Crippen LogP contribution in [0.5, 0.6) is 0 Å². The highest BCUT2D eigenvalue weighted by atomic mass is 16.6. The van der Waals surface area contributed by atoms with Crippen molar-refractivity contribution in [1.29, 1.82) is 0 Å². The minimum absolute atomic E-state index is 0.0216. The van der Waals surface area contributed by atoms with E-state index in [4.69, 9.17) is 5.73 Å². The van der Waals surface area contributed by atoms with Crippen LogP contribution in [0.25, 0.3) is 0 Å². The Kier molecular flexibility index (Phi) is 1.98. The third-order valence-electron chi connectivity index (χ3n) is 2.54. The smallest absolute Gasteiger partial charge is 0.269 e. The molecule has 2 atom stereocenters. The lowest BCUT2D eigenvalue weighted by atomic mass is 10.1. The lowest BCUT2D eigenvalue weighted by Gasteiger charge is -2.07. The topological polar surface area (TPSA) is 89.4 Å². The first-order valence-electron chi connectivity index (χ1n) is 4.30. The van der Waals surface area contributed by atoms with Crippen LogP contribution < -0.4 is 5.73 Å². The number of aliphatic hydroxyl groups is 1. The summed E-state index contributed by atoms with van der Waals surface area (Å²) in [6.07, 6.45) is -0.138. The fourth-order valence-electron chi connectivity index (χ4n) is 1.75. The molecule has 2 rings (SSSR count). The quantitative estimate of drug-likeness (QED) is 0.503. The molecule has 0 aromatic heterocycles. The third-order valence-corrected chi connectivity index (χ3v) is 2.54. The van der Waals surface area contributed by atoms with Crippen LogP contribution in [0.15, 0.2) is 18.2 Å². The number of rotatable bonds is 1. The maximum absolute atomic E-state index is 10.5. The number of hydrogen-bond donors (Lipinski definition) is 2. The number of aliphatic hydroxyl groups excluding tert-OH is 1. The highest BCUT2D eigenvalue weighted by Gasteiger charge is 2.29. The summed E-state index contributed by atoms with van der Waals surface area (Å²) in [4.78, 5) is 10.0. The largest absolute Gasteiger partial charge is 0.391 e. The predicted octanol–water partition coefficient (Wildman–Crippen LogP) is 0.512. The van der Waals surface area contributed by atoms with E-state index >= 15 is 0 Å². The van der Waals surface area contributed by atoms with Gasteiger partial charge in [-0.3, -0.25) is 10.1 Å². The second-order valence-electron chi connectivity index (χ2n) is 3.44. The van der Waals surface area contributed by atoms with Crippen LogP contribution in [-0.4, -0.2) is 16.1 Å². The van der Waals surface area contributed by atoms with Gasteiger partial charge in [0.2, 0.25) is 0 Å². The second-order valence-corrected chi connectivity index (χ2v) is 3.44. The van der Waals surface area contributed by atoms with Crippen LogP contribution >= 0.6 is 0 Å². The van der Waals surface area contributed by atoms with Crippen molar-refractivity contribution < 1.29 is 10.0 Å². The zero-order valence-corrected chi connectivity index (χ0v) is 7.38. The Bertz CT molecular complexity index is 392. The second kappa shape index (κ2) is 3.04. The van der Waals surface area contributed by atoms with E-state index < -0.39 is 17.1 Å². The fraction of sp³-hybridized carbons (Fsp3) is 0.333. The first kappa shape index (κ1) is 9.11. The Morgan fingerprint density at radius 1 is 1.57 bits per heavy atom. The Balaban J connectivity index is 2.46. The summed E-state index contributed by atoms with van der Waals surface area (Å²) in [6.45, 7) is 0. The van der Waals surface area contributed by atoms with E-state index in [-0.39, 0.29) is 5.69 Å². The monoisotopic (exact) mass is 194 g/mol. The molecule has 5 nitrogen and oxygen atoms in total. The Hall–Kier alpha value is -1.46. The van der Waals surface area contributed by atoms with Gasteiger partial charge < -0.3 is 10.8 Å². The molecule has 0 bridgehead atoms. The van der Waals surface area contributed by atoms with E-state index in [2.05, 4.69) is 0 Å². The minimum Gasteiger partial charge on any atom is -0.391 e. The van der Waals surface area contributed by atoms with Crippen molar-refractivity contribution >= 4 is 5.69 Å². The van der Waals surface area contributed by atoms with E-state index in [1.807, 2.05) is 0 Å². The Morgan fingerprint density at radius 3 is 2.93 bits per heavy atom. The van der Waals surface area contributed by atoms with Gasteiger partial charge in [0.15, 0.2) is 0 Å². The van der Waals surface area contributed by atoms with E-state index in [0.717, 1.165) is 5.56 Å². The standard InChI is InChI=1S/C9H10N2O3/c10-9-7-4-6(11(13)14)2-1-5(7)3-8(9)12/h1-2,4,8-9,12H,3,10H2. The van der Waals surface area contributed by atoms with Gasteiger partial charge in [0, 0.05) is 18.6 Å². The molecule has 1 aliphatic rings. The highest BCUT2D eigenvalue weighted by Crippen LogP contribution is 2.32. The number of fused-ring (bicyclic) bond motifs is 1. The number of nitro benzene ring substituents is 1. The first-order valence-corrected chi connectivity index (χ1v) is 4.30. The van der Waals surface area contributed by atoms with Gasteiger partial charge in [-0.1, -0.05) is 6.07 Å². The van der Waals surface area contributed by atoms with Crippen LogP contribution in [0, 0.1) is 10.1 Å². The molecule has 14 heavy (non-hydrogen) atoms. The molecule has 0 saturated heterocycles. The molecule has 0 saturated carbocycles. The van der Waals surface area contributed by atoms with Gasteiger partial charge in [-0.15, -0.1) is 0 Å². The summed E-state index contributed by atoms with van der Waals surface area (Å²) in [6, 6.07) is 4.04. The summed E-state index contributed by atoms with van der Waals surface area (Å²) in [5, 5.41) is 19.9. The average molecular weight is 194 g/mol.